The topological polar surface area (TPSA) is 119 Å². The second kappa shape index (κ2) is 8.67. The van der Waals surface area contributed by atoms with Crippen LogP contribution in [-0.2, 0) is 16.1 Å². The van der Waals surface area contributed by atoms with Crippen LogP contribution in [0.3, 0.4) is 0 Å². The molecular weight excluding hydrogens is 348 g/mol. The lowest BCUT2D eigenvalue weighted by molar-refractivity contribution is -0.119. The molecule has 0 radical (unpaired) electrons. The molecule has 0 spiro atoms. The summed E-state index contributed by atoms with van der Waals surface area (Å²) in [7, 11) is 0. The Hall–Kier alpha value is -2.33. The Morgan fingerprint density at radius 2 is 2.24 bits per heavy atom. The summed E-state index contributed by atoms with van der Waals surface area (Å²) in [6.07, 6.45) is 3.54. The molecule has 9 nitrogen and oxygen atoms in total. The fraction of sp³-hybridized carbons (Fsp3) is 0.467. The number of carbonyl (C=O) groups is 2. The van der Waals surface area contributed by atoms with E-state index >= 15 is 0 Å². The molecule has 1 aliphatic heterocycles. The van der Waals surface area contributed by atoms with Crippen molar-refractivity contribution in [3.8, 4) is 0 Å². The number of carbonyl (C=O) groups excluding carboxylic acids is 2. The maximum Gasteiger partial charge on any atom is 0.287 e. The lowest BCUT2D eigenvalue weighted by Crippen LogP contribution is -2.32. The molecular formula is C15H18N4O5S. The van der Waals surface area contributed by atoms with Crippen LogP contribution in [0.4, 0.5) is 0 Å². The van der Waals surface area contributed by atoms with E-state index in [0.29, 0.717) is 6.54 Å². The van der Waals surface area contributed by atoms with Crippen LogP contribution >= 0.6 is 11.8 Å². The highest BCUT2D eigenvalue weighted by Crippen LogP contribution is 2.16. The van der Waals surface area contributed by atoms with E-state index in [1.165, 1.54) is 6.26 Å². The largest absolute Gasteiger partial charge is 0.459 e. The molecule has 2 amide bonds. The minimum atomic E-state index is -0.370. The zero-order chi connectivity index (χ0) is 17.5. The first-order valence-electron chi connectivity index (χ1n) is 7.86. The number of thioether (sulfide) groups is 1. The van der Waals surface area contributed by atoms with Gasteiger partial charge in [0.15, 0.2) is 5.76 Å². The standard InChI is InChI=1S/C15H18N4O5S/c20-12(16-7-10-3-1-5-22-10)9-25-15-19-18-13(24-15)8-17-14(21)11-4-2-6-23-11/h2,4,6,10H,1,3,5,7-9H2,(H,16,20)(H,17,21). The van der Waals surface area contributed by atoms with Crippen LogP contribution < -0.4 is 10.6 Å². The van der Waals surface area contributed by atoms with Gasteiger partial charge in [-0.05, 0) is 25.0 Å². The third kappa shape index (κ3) is 5.33. The summed E-state index contributed by atoms with van der Waals surface area (Å²) in [5.41, 5.74) is 0. The van der Waals surface area contributed by atoms with Crippen LogP contribution in [0.2, 0.25) is 0 Å². The lowest BCUT2D eigenvalue weighted by Gasteiger charge is -2.09. The van der Waals surface area contributed by atoms with E-state index in [2.05, 4.69) is 20.8 Å². The first kappa shape index (κ1) is 17.5. The Morgan fingerprint density at radius 3 is 3.00 bits per heavy atom. The molecule has 3 rings (SSSR count). The summed E-state index contributed by atoms with van der Waals surface area (Å²) in [6, 6.07) is 3.18. The number of rotatable bonds is 8. The molecule has 1 unspecified atom stereocenters. The van der Waals surface area contributed by atoms with Gasteiger partial charge in [-0.15, -0.1) is 10.2 Å². The van der Waals surface area contributed by atoms with Gasteiger partial charge < -0.3 is 24.2 Å². The number of furan rings is 1. The number of nitrogens with zero attached hydrogens (tertiary/aromatic N) is 2. The van der Waals surface area contributed by atoms with E-state index in [-0.39, 0.29) is 47.1 Å². The third-order valence-electron chi connectivity index (χ3n) is 3.47. The first-order valence-corrected chi connectivity index (χ1v) is 8.84. The minimum Gasteiger partial charge on any atom is -0.459 e. The minimum absolute atomic E-state index is 0.0817. The van der Waals surface area contributed by atoms with Crippen molar-refractivity contribution in [2.75, 3.05) is 18.9 Å². The van der Waals surface area contributed by atoms with Gasteiger partial charge in [-0.1, -0.05) is 11.8 Å². The van der Waals surface area contributed by atoms with Gasteiger partial charge in [-0.2, -0.15) is 0 Å². The van der Waals surface area contributed by atoms with Gasteiger partial charge in [0.2, 0.25) is 11.8 Å². The van der Waals surface area contributed by atoms with Crippen molar-refractivity contribution >= 4 is 23.6 Å². The monoisotopic (exact) mass is 366 g/mol. The Bertz CT molecular complexity index is 697. The van der Waals surface area contributed by atoms with Crippen molar-refractivity contribution < 1.29 is 23.2 Å². The number of nitrogens with one attached hydrogen (secondary N) is 2. The molecule has 3 heterocycles. The van der Waals surface area contributed by atoms with Crippen LogP contribution in [0.25, 0.3) is 0 Å². The molecule has 2 aromatic heterocycles. The molecule has 0 aromatic carbocycles. The number of hydrogen-bond donors (Lipinski definition) is 2. The average molecular weight is 366 g/mol. The molecule has 2 N–H and O–H groups in total. The molecule has 2 aromatic rings. The van der Waals surface area contributed by atoms with Crippen molar-refractivity contribution in [3.05, 3.63) is 30.0 Å². The van der Waals surface area contributed by atoms with Crippen LogP contribution in [0.15, 0.2) is 32.5 Å². The van der Waals surface area contributed by atoms with Crippen LogP contribution in [-0.4, -0.2) is 47.0 Å². The van der Waals surface area contributed by atoms with Gasteiger partial charge in [-0.25, -0.2) is 0 Å². The smallest absolute Gasteiger partial charge is 0.287 e. The van der Waals surface area contributed by atoms with Crippen LogP contribution in [0, 0.1) is 0 Å². The highest BCUT2D eigenvalue weighted by molar-refractivity contribution is 7.99. The number of amides is 2. The van der Waals surface area contributed by atoms with E-state index in [4.69, 9.17) is 13.6 Å². The van der Waals surface area contributed by atoms with Crippen molar-refractivity contribution in [1.29, 1.82) is 0 Å². The molecule has 25 heavy (non-hydrogen) atoms. The number of aromatic nitrogens is 2. The molecule has 10 heteroatoms. The predicted molar refractivity (Wildman–Crippen MR) is 86.9 cm³/mol. The molecule has 1 saturated heterocycles. The molecule has 1 fully saturated rings. The van der Waals surface area contributed by atoms with Gasteiger partial charge in [0.1, 0.15) is 0 Å². The Labute approximate surface area is 147 Å². The van der Waals surface area contributed by atoms with Gasteiger partial charge in [0.05, 0.1) is 24.7 Å². The van der Waals surface area contributed by atoms with E-state index in [1.807, 2.05) is 0 Å². The highest BCUT2D eigenvalue weighted by atomic mass is 32.2. The number of hydrogen-bond acceptors (Lipinski definition) is 8. The maximum atomic E-state index is 11.8. The molecule has 0 saturated carbocycles. The Morgan fingerprint density at radius 1 is 1.32 bits per heavy atom. The summed E-state index contributed by atoms with van der Waals surface area (Å²) < 4.78 is 15.8. The van der Waals surface area contributed by atoms with Gasteiger partial charge in [-0.3, -0.25) is 9.59 Å². The Kier molecular flexibility index (Phi) is 6.07. The fourth-order valence-electron chi connectivity index (χ4n) is 2.23. The van der Waals surface area contributed by atoms with Crippen molar-refractivity contribution in [3.63, 3.8) is 0 Å². The van der Waals surface area contributed by atoms with Gasteiger partial charge in [0.25, 0.3) is 11.1 Å². The molecule has 1 atom stereocenters. The second-order valence-electron chi connectivity index (χ2n) is 5.35. The van der Waals surface area contributed by atoms with E-state index in [9.17, 15) is 9.59 Å². The van der Waals surface area contributed by atoms with E-state index in [1.54, 1.807) is 12.1 Å². The van der Waals surface area contributed by atoms with Crippen molar-refractivity contribution in [2.24, 2.45) is 0 Å². The normalized spacial score (nSPS) is 16.7. The number of ether oxygens (including phenoxy) is 1. The third-order valence-corrected chi connectivity index (χ3v) is 4.29. The summed E-state index contributed by atoms with van der Waals surface area (Å²) in [5, 5.41) is 13.3. The highest BCUT2D eigenvalue weighted by Gasteiger charge is 2.17. The fourth-order valence-corrected chi connectivity index (χ4v) is 2.84. The summed E-state index contributed by atoms with van der Waals surface area (Å²) in [4.78, 5) is 23.5. The molecule has 0 aliphatic carbocycles. The molecule has 0 bridgehead atoms. The maximum absolute atomic E-state index is 11.8. The molecule has 134 valence electrons. The second-order valence-corrected chi connectivity index (χ2v) is 6.28. The lowest BCUT2D eigenvalue weighted by atomic mass is 10.2. The first-order chi connectivity index (χ1) is 12.2. The zero-order valence-electron chi connectivity index (χ0n) is 13.4. The van der Waals surface area contributed by atoms with Crippen molar-refractivity contribution in [2.45, 2.75) is 30.7 Å². The Balaban J connectivity index is 1.36. The quantitative estimate of drug-likeness (QED) is 0.664. The van der Waals surface area contributed by atoms with E-state index < -0.39 is 0 Å². The van der Waals surface area contributed by atoms with Gasteiger partial charge in [0, 0.05) is 13.2 Å². The molecule has 1 aliphatic rings. The van der Waals surface area contributed by atoms with Gasteiger partial charge >= 0.3 is 0 Å². The van der Waals surface area contributed by atoms with E-state index in [0.717, 1.165) is 31.2 Å². The van der Waals surface area contributed by atoms with Crippen LogP contribution in [0.1, 0.15) is 29.3 Å². The van der Waals surface area contributed by atoms with Crippen molar-refractivity contribution in [1.82, 2.24) is 20.8 Å². The zero-order valence-corrected chi connectivity index (χ0v) is 14.2. The summed E-state index contributed by atoms with van der Waals surface area (Å²) in [5.74, 6) is 0.143. The van der Waals surface area contributed by atoms with Crippen LogP contribution in [0.5, 0.6) is 0 Å². The summed E-state index contributed by atoms with van der Waals surface area (Å²) >= 11 is 1.14. The SMILES string of the molecule is O=C(CSc1nnc(CNC(=O)c2ccco2)o1)NCC1CCCO1. The average Bonchev–Trinajstić information content (AvgIpc) is 3.38. The summed E-state index contributed by atoms with van der Waals surface area (Å²) in [6.45, 7) is 1.36. The predicted octanol–water partition coefficient (Wildman–Crippen LogP) is 0.980.